The summed E-state index contributed by atoms with van der Waals surface area (Å²) in [5, 5.41) is 9.45. The number of H-pyrrole nitrogens is 1. The molecular weight excluding hydrogens is 309 g/mol. The topological polar surface area (TPSA) is 81.6 Å². The highest BCUT2D eigenvalue weighted by atomic mass is 19.4. The average molecular weight is 328 g/mol. The molecule has 0 bridgehead atoms. The van der Waals surface area contributed by atoms with Crippen LogP contribution < -0.4 is 5.32 Å². The van der Waals surface area contributed by atoms with E-state index in [4.69, 9.17) is 5.41 Å². The molecule has 0 saturated heterocycles. The van der Waals surface area contributed by atoms with Crippen LogP contribution in [0, 0.1) is 11.3 Å². The van der Waals surface area contributed by atoms with E-state index in [1.165, 1.54) is 6.20 Å². The Kier molecular flexibility index (Phi) is 4.91. The molecule has 0 aromatic carbocycles. The molecule has 1 amide bonds. The van der Waals surface area contributed by atoms with Crippen molar-refractivity contribution in [2.75, 3.05) is 0 Å². The maximum atomic E-state index is 13.1. The van der Waals surface area contributed by atoms with E-state index in [0.717, 1.165) is 6.42 Å². The van der Waals surface area contributed by atoms with Crippen LogP contribution >= 0.6 is 0 Å². The van der Waals surface area contributed by atoms with E-state index in [1.54, 1.807) is 19.9 Å². The molecule has 0 spiro atoms. The predicted molar refractivity (Wildman–Crippen MR) is 80.3 cm³/mol. The fourth-order valence-electron chi connectivity index (χ4n) is 2.49. The smallest absolute Gasteiger partial charge is 0.339 e. The van der Waals surface area contributed by atoms with Gasteiger partial charge in [0.1, 0.15) is 17.6 Å². The van der Waals surface area contributed by atoms with Crippen molar-refractivity contribution >= 4 is 17.2 Å². The Morgan fingerprint density at radius 2 is 2.13 bits per heavy atom. The maximum Gasteiger partial charge on any atom is 0.408 e. The zero-order valence-corrected chi connectivity index (χ0v) is 12.9. The van der Waals surface area contributed by atoms with Gasteiger partial charge in [-0.05, 0) is 44.3 Å². The number of carbonyl (C=O) groups is 1. The SMILES string of the molecule is CC(=N)/C=C(/C)c1ncc(C(=O)NC(C2CCC2)C(F)(F)F)[nH]1. The van der Waals surface area contributed by atoms with Crippen LogP contribution in [-0.2, 0) is 0 Å². The number of allylic oxidation sites excluding steroid dienone is 2. The first kappa shape index (κ1) is 17.2. The van der Waals surface area contributed by atoms with Crippen molar-refractivity contribution < 1.29 is 18.0 Å². The van der Waals surface area contributed by atoms with Gasteiger partial charge in [-0.2, -0.15) is 13.2 Å². The Labute approximate surface area is 131 Å². The molecule has 1 saturated carbocycles. The number of carbonyl (C=O) groups excluding carboxylic acids is 1. The zero-order valence-electron chi connectivity index (χ0n) is 12.9. The third-order valence-corrected chi connectivity index (χ3v) is 3.89. The van der Waals surface area contributed by atoms with E-state index in [9.17, 15) is 18.0 Å². The molecule has 1 unspecified atom stereocenters. The molecule has 2 rings (SSSR count). The van der Waals surface area contributed by atoms with E-state index in [1.807, 2.05) is 0 Å². The lowest BCUT2D eigenvalue weighted by atomic mass is 9.79. The minimum absolute atomic E-state index is 0.0241. The summed E-state index contributed by atoms with van der Waals surface area (Å²) in [6.45, 7) is 3.29. The number of aromatic nitrogens is 2. The first-order valence-corrected chi connectivity index (χ1v) is 7.35. The van der Waals surface area contributed by atoms with E-state index in [2.05, 4.69) is 15.3 Å². The Morgan fingerprint density at radius 1 is 1.48 bits per heavy atom. The molecule has 1 fully saturated rings. The second-order valence-corrected chi connectivity index (χ2v) is 5.84. The minimum atomic E-state index is -4.46. The second-order valence-electron chi connectivity index (χ2n) is 5.84. The van der Waals surface area contributed by atoms with E-state index in [-0.39, 0.29) is 5.69 Å². The Morgan fingerprint density at radius 3 is 2.61 bits per heavy atom. The van der Waals surface area contributed by atoms with Crippen molar-refractivity contribution in [2.45, 2.75) is 45.3 Å². The summed E-state index contributed by atoms with van der Waals surface area (Å²) < 4.78 is 39.2. The normalized spacial score (nSPS) is 17.5. The highest BCUT2D eigenvalue weighted by Crippen LogP contribution is 2.37. The van der Waals surface area contributed by atoms with E-state index < -0.39 is 24.0 Å². The van der Waals surface area contributed by atoms with Gasteiger partial charge in [0.05, 0.1) is 6.20 Å². The molecular formula is C15H19F3N4O. The van der Waals surface area contributed by atoms with Gasteiger partial charge >= 0.3 is 6.18 Å². The fourth-order valence-corrected chi connectivity index (χ4v) is 2.49. The molecule has 8 heteroatoms. The van der Waals surface area contributed by atoms with Crippen molar-refractivity contribution in [2.24, 2.45) is 5.92 Å². The minimum Gasteiger partial charge on any atom is -0.339 e. The summed E-state index contributed by atoms with van der Waals surface area (Å²) in [5.41, 5.74) is 0.916. The molecule has 1 aromatic heterocycles. The number of hydrogen-bond donors (Lipinski definition) is 3. The number of alkyl halides is 3. The lowest BCUT2D eigenvalue weighted by Crippen LogP contribution is -2.52. The molecule has 1 aromatic rings. The highest BCUT2D eigenvalue weighted by Gasteiger charge is 2.47. The second kappa shape index (κ2) is 6.55. The molecule has 1 atom stereocenters. The molecule has 3 N–H and O–H groups in total. The van der Waals surface area contributed by atoms with Gasteiger partial charge in [0, 0.05) is 5.71 Å². The molecule has 0 radical (unpaired) electrons. The van der Waals surface area contributed by atoms with Gasteiger partial charge in [-0.25, -0.2) is 4.98 Å². The Hall–Kier alpha value is -2.12. The highest BCUT2D eigenvalue weighted by molar-refractivity contribution is 5.97. The van der Waals surface area contributed by atoms with Gasteiger partial charge < -0.3 is 15.7 Å². The van der Waals surface area contributed by atoms with Crippen LogP contribution in [0.25, 0.3) is 5.57 Å². The van der Waals surface area contributed by atoms with E-state index >= 15 is 0 Å². The molecule has 1 aliphatic rings. The van der Waals surface area contributed by atoms with Crippen molar-refractivity contribution in [3.05, 3.63) is 23.8 Å². The lowest BCUT2D eigenvalue weighted by Gasteiger charge is -2.35. The average Bonchev–Trinajstić information content (AvgIpc) is 2.83. The van der Waals surface area contributed by atoms with Crippen LogP contribution in [0.4, 0.5) is 13.2 Å². The molecule has 5 nitrogen and oxygen atoms in total. The number of aromatic amines is 1. The molecule has 0 aliphatic heterocycles. The monoisotopic (exact) mass is 328 g/mol. The largest absolute Gasteiger partial charge is 0.408 e. The Balaban J connectivity index is 2.11. The van der Waals surface area contributed by atoms with E-state index in [0.29, 0.717) is 30.0 Å². The predicted octanol–water partition coefficient (Wildman–Crippen LogP) is 3.31. The standard InChI is InChI=1S/C15H19F3N4O/c1-8(6-9(2)19)13-20-7-11(21-13)14(23)22-12(15(16,17)18)10-4-3-5-10/h6-7,10,12,19H,3-5H2,1-2H3,(H,20,21)(H,22,23)/b8-6-,19-9?. The molecule has 1 heterocycles. The number of imidazole rings is 1. The van der Waals surface area contributed by atoms with Crippen LogP contribution in [-0.4, -0.2) is 33.8 Å². The van der Waals surface area contributed by atoms with Crippen molar-refractivity contribution in [3.8, 4) is 0 Å². The first-order valence-electron chi connectivity index (χ1n) is 7.35. The van der Waals surface area contributed by atoms with Crippen LogP contribution in [0.3, 0.4) is 0 Å². The number of halogens is 3. The van der Waals surface area contributed by atoms with Gasteiger partial charge in [0.2, 0.25) is 0 Å². The van der Waals surface area contributed by atoms with Gasteiger partial charge in [0.25, 0.3) is 5.91 Å². The van der Waals surface area contributed by atoms with Crippen molar-refractivity contribution in [1.29, 1.82) is 5.41 Å². The Bertz CT molecular complexity index is 629. The summed E-state index contributed by atoms with van der Waals surface area (Å²) in [6, 6.07) is -1.82. The molecule has 1 aliphatic carbocycles. The van der Waals surface area contributed by atoms with Gasteiger partial charge in [0.15, 0.2) is 0 Å². The van der Waals surface area contributed by atoms with Gasteiger partial charge in [-0.3, -0.25) is 4.79 Å². The summed E-state index contributed by atoms with van der Waals surface area (Å²) in [5.74, 6) is -1.02. The lowest BCUT2D eigenvalue weighted by molar-refractivity contribution is -0.171. The van der Waals surface area contributed by atoms with Crippen LogP contribution in [0.15, 0.2) is 12.3 Å². The molecule has 126 valence electrons. The summed E-state index contributed by atoms with van der Waals surface area (Å²) in [7, 11) is 0. The number of nitrogens with one attached hydrogen (secondary N) is 3. The van der Waals surface area contributed by atoms with Crippen LogP contribution in [0.1, 0.15) is 49.4 Å². The number of hydrogen-bond acceptors (Lipinski definition) is 3. The number of amides is 1. The third-order valence-electron chi connectivity index (χ3n) is 3.89. The van der Waals surface area contributed by atoms with Crippen LogP contribution in [0.5, 0.6) is 0 Å². The van der Waals surface area contributed by atoms with Gasteiger partial charge in [-0.1, -0.05) is 6.42 Å². The summed E-state index contributed by atoms with van der Waals surface area (Å²) in [6.07, 6.45) is -0.00777. The van der Waals surface area contributed by atoms with Gasteiger partial charge in [-0.15, -0.1) is 0 Å². The summed E-state index contributed by atoms with van der Waals surface area (Å²) >= 11 is 0. The van der Waals surface area contributed by atoms with Crippen LogP contribution in [0.2, 0.25) is 0 Å². The number of rotatable bonds is 5. The molecule has 23 heavy (non-hydrogen) atoms. The fraction of sp³-hybridized carbons (Fsp3) is 0.533. The first-order chi connectivity index (χ1) is 10.7. The van der Waals surface area contributed by atoms with Crippen molar-refractivity contribution in [3.63, 3.8) is 0 Å². The number of nitrogens with zero attached hydrogens (tertiary/aromatic N) is 1. The zero-order chi connectivity index (χ0) is 17.2. The third kappa shape index (κ3) is 4.20. The maximum absolute atomic E-state index is 13.1. The van der Waals surface area contributed by atoms with Crippen molar-refractivity contribution in [1.82, 2.24) is 15.3 Å². The summed E-state index contributed by atoms with van der Waals surface area (Å²) in [4.78, 5) is 18.7. The quantitative estimate of drug-likeness (QED) is 0.725.